The maximum atomic E-state index is 12.0. The van der Waals surface area contributed by atoms with Crippen molar-refractivity contribution in [3.63, 3.8) is 0 Å². The van der Waals surface area contributed by atoms with Crippen molar-refractivity contribution in [1.82, 2.24) is 0 Å². The summed E-state index contributed by atoms with van der Waals surface area (Å²) in [6.45, 7) is 4.14. The number of carbonyl (C=O) groups excluding carboxylic acids is 1. The first kappa shape index (κ1) is 13.3. The van der Waals surface area contributed by atoms with E-state index < -0.39 is 0 Å². The number of carbonyl (C=O) groups is 1. The molecule has 0 atom stereocenters. The lowest BCUT2D eigenvalue weighted by Gasteiger charge is -1.98. The van der Waals surface area contributed by atoms with Gasteiger partial charge in [0.1, 0.15) is 0 Å². The molecule has 2 aromatic carbocycles. The van der Waals surface area contributed by atoms with Crippen LogP contribution in [-0.4, -0.2) is 5.78 Å². The molecular weight excluding hydrogens is 232 g/mol. The van der Waals surface area contributed by atoms with Crippen molar-refractivity contribution in [1.29, 1.82) is 0 Å². The molecule has 0 fully saturated rings. The highest BCUT2D eigenvalue weighted by atomic mass is 16.1. The van der Waals surface area contributed by atoms with Gasteiger partial charge in [-0.15, -0.1) is 0 Å². The van der Waals surface area contributed by atoms with E-state index in [-0.39, 0.29) is 5.78 Å². The van der Waals surface area contributed by atoms with Crippen LogP contribution < -0.4 is 0 Å². The Morgan fingerprint density at radius 1 is 1.00 bits per heavy atom. The fourth-order valence-corrected chi connectivity index (χ4v) is 1.85. The third-order valence-electron chi connectivity index (χ3n) is 3.15. The van der Waals surface area contributed by atoms with Crippen molar-refractivity contribution in [2.75, 3.05) is 0 Å². The van der Waals surface area contributed by atoms with Gasteiger partial charge in [0.2, 0.25) is 0 Å². The Labute approximate surface area is 114 Å². The highest BCUT2D eigenvalue weighted by Gasteiger charge is 2.00. The van der Waals surface area contributed by atoms with Gasteiger partial charge in [0.15, 0.2) is 5.78 Å². The maximum absolute atomic E-state index is 12.0. The van der Waals surface area contributed by atoms with Crippen LogP contribution in [0, 0.1) is 6.92 Å². The number of aryl methyl sites for hydroxylation is 2. The van der Waals surface area contributed by atoms with Crippen LogP contribution in [0.2, 0.25) is 0 Å². The molecular formula is C18H18O. The minimum absolute atomic E-state index is 0.0413. The van der Waals surface area contributed by atoms with Crippen LogP contribution in [0.25, 0.3) is 6.08 Å². The van der Waals surface area contributed by atoms with Crippen LogP contribution in [0.1, 0.15) is 34.0 Å². The van der Waals surface area contributed by atoms with E-state index in [1.807, 2.05) is 49.4 Å². The first-order chi connectivity index (χ1) is 9.19. The van der Waals surface area contributed by atoms with E-state index in [2.05, 4.69) is 19.1 Å². The van der Waals surface area contributed by atoms with Crippen molar-refractivity contribution in [3.05, 3.63) is 76.9 Å². The molecule has 1 heteroatoms. The predicted molar refractivity (Wildman–Crippen MR) is 80.4 cm³/mol. The summed E-state index contributed by atoms with van der Waals surface area (Å²) < 4.78 is 0. The summed E-state index contributed by atoms with van der Waals surface area (Å²) >= 11 is 0. The van der Waals surface area contributed by atoms with Crippen LogP contribution in [0.4, 0.5) is 0 Å². The molecule has 0 amide bonds. The molecule has 19 heavy (non-hydrogen) atoms. The molecule has 0 aliphatic heterocycles. The number of allylic oxidation sites excluding steroid dienone is 1. The van der Waals surface area contributed by atoms with Crippen LogP contribution in [0.15, 0.2) is 54.6 Å². The molecule has 2 rings (SSSR count). The van der Waals surface area contributed by atoms with Gasteiger partial charge >= 0.3 is 0 Å². The zero-order valence-corrected chi connectivity index (χ0v) is 11.4. The van der Waals surface area contributed by atoms with Gasteiger partial charge in [-0.05, 0) is 30.5 Å². The van der Waals surface area contributed by atoms with Crippen molar-refractivity contribution in [2.45, 2.75) is 20.3 Å². The number of hydrogen-bond acceptors (Lipinski definition) is 1. The van der Waals surface area contributed by atoms with Crippen LogP contribution in [0.5, 0.6) is 0 Å². The van der Waals surface area contributed by atoms with Crippen molar-refractivity contribution in [3.8, 4) is 0 Å². The van der Waals surface area contributed by atoms with Gasteiger partial charge < -0.3 is 0 Å². The minimum Gasteiger partial charge on any atom is -0.289 e. The maximum Gasteiger partial charge on any atom is 0.185 e. The van der Waals surface area contributed by atoms with Crippen LogP contribution >= 0.6 is 0 Å². The largest absolute Gasteiger partial charge is 0.289 e. The Hall–Kier alpha value is -2.15. The zero-order chi connectivity index (χ0) is 13.7. The molecule has 0 bridgehead atoms. The molecule has 0 aliphatic carbocycles. The van der Waals surface area contributed by atoms with Crippen molar-refractivity contribution in [2.24, 2.45) is 0 Å². The lowest BCUT2D eigenvalue weighted by Crippen LogP contribution is -1.93. The fourth-order valence-electron chi connectivity index (χ4n) is 1.85. The molecule has 0 saturated carbocycles. The second-order valence-corrected chi connectivity index (χ2v) is 4.66. The number of ketones is 1. The van der Waals surface area contributed by atoms with Crippen molar-refractivity contribution < 1.29 is 4.79 Å². The second-order valence-electron chi connectivity index (χ2n) is 4.66. The lowest BCUT2D eigenvalue weighted by atomic mass is 10.1. The van der Waals surface area contributed by atoms with Gasteiger partial charge in [-0.1, -0.05) is 67.1 Å². The summed E-state index contributed by atoms with van der Waals surface area (Å²) in [7, 11) is 0. The minimum atomic E-state index is 0.0413. The highest BCUT2D eigenvalue weighted by molar-refractivity contribution is 6.06. The van der Waals surface area contributed by atoms with Gasteiger partial charge in [0, 0.05) is 5.56 Å². The average Bonchev–Trinajstić information content (AvgIpc) is 2.46. The number of rotatable bonds is 4. The number of benzene rings is 2. The molecule has 0 N–H and O–H groups in total. The standard InChI is InChI=1S/C18H18O/c1-3-15-6-8-16(9-7-15)10-13-18(19)17-11-4-14(2)5-12-17/h4-13H,3H2,1-2H3. The third kappa shape index (κ3) is 3.65. The molecule has 96 valence electrons. The summed E-state index contributed by atoms with van der Waals surface area (Å²) in [6, 6.07) is 15.9. The lowest BCUT2D eigenvalue weighted by molar-refractivity contribution is 0.104. The Morgan fingerprint density at radius 3 is 2.21 bits per heavy atom. The summed E-state index contributed by atoms with van der Waals surface area (Å²) in [5, 5.41) is 0. The highest BCUT2D eigenvalue weighted by Crippen LogP contribution is 2.09. The topological polar surface area (TPSA) is 17.1 Å². The fraction of sp³-hybridized carbons (Fsp3) is 0.167. The second kappa shape index (κ2) is 6.14. The quantitative estimate of drug-likeness (QED) is 0.578. The molecule has 2 aromatic rings. The Morgan fingerprint density at radius 2 is 1.63 bits per heavy atom. The SMILES string of the molecule is CCc1ccc(C=CC(=O)c2ccc(C)cc2)cc1. The monoisotopic (exact) mass is 250 g/mol. The molecule has 0 heterocycles. The predicted octanol–water partition coefficient (Wildman–Crippen LogP) is 4.45. The van der Waals surface area contributed by atoms with E-state index in [1.54, 1.807) is 6.08 Å². The Balaban J connectivity index is 2.08. The summed E-state index contributed by atoms with van der Waals surface area (Å²) in [6.07, 6.45) is 4.53. The molecule has 0 unspecified atom stereocenters. The van der Waals surface area contributed by atoms with E-state index >= 15 is 0 Å². The van der Waals surface area contributed by atoms with Crippen molar-refractivity contribution >= 4 is 11.9 Å². The van der Waals surface area contributed by atoms with Gasteiger partial charge in [-0.25, -0.2) is 0 Å². The van der Waals surface area contributed by atoms with E-state index in [0.717, 1.165) is 23.1 Å². The summed E-state index contributed by atoms with van der Waals surface area (Å²) in [5.74, 6) is 0.0413. The molecule has 0 spiro atoms. The van der Waals surface area contributed by atoms with Gasteiger partial charge in [0.25, 0.3) is 0 Å². The molecule has 1 nitrogen and oxygen atoms in total. The molecule has 0 radical (unpaired) electrons. The third-order valence-corrected chi connectivity index (χ3v) is 3.15. The van der Waals surface area contributed by atoms with Gasteiger partial charge in [0.05, 0.1) is 0 Å². The Bertz CT molecular complexity index is 574. The van der Waals surface area contributed by atoms with E-state index in [0.29, 0.717) is 0 Å². The van der Waals surface area contributed by atoms with Gasteiger partial charge in [-0.2, -0.15) is 0 Å². The summed E-state index contributed by atoms with van der Waals surface area (Å²) in [4.78, 5) is 12.0. The molecule has 0 aliphatic rings. The summed E-state index contributed by atoms with van der Waals surface area (Å²) in [5.41, 5.74) is 4.25. The Kier molecular flexibility index (Phi) is 4.30. The van der Waals surface area contributed by atoms with Gasteiger partial charge in [-0.3, -0.25) is 4.79 Å². The van der Waals surface area contributed by atoms with E-state index in [4.69, 9.17) is 0 Å². The first-order valence-corrected chi connectivity index (χ1v) is 6.57. The normalized spacial score (nSPS) is 10.8. The first-order valence-electron chi connectivity index (χ1n) is 6.57. The molecule has 0 aromatic heterocycles. The smallest absolute Gasteiger partial charge is 0.185 e. The average molecular weight is 250 g/mol. The van der Waals surface area contributed by atoms with Crippen LogP contribution in [0.3, 0.4) is 0 Å². The number of hydrogen-bond donors (Lipinski definition) is 0. The van der Waals surface area contributed by atoms with Crippen LogP contribution in [-0.2, 0) is 6.42 Å². The van der Waals surface area contributed by atoms with E-state index in [1.165, 1.54) is 5.56 Å². The van der Waals surface area contributed by atoms with E-state index in [9.17, 15) is 4.79 Å². The molecule has 0 saturated heterocycles. The zero-order valence-electron chi connectivity index (χ0n) is 11.4.